The Morgan fingerprint density at radius 3 is 2.35 bits per heavy atom. The highest BCUT2D eigenvalue weighted by molar-refractivity contribution is 5.76. The summed E-state index contributed by atoms with van der Waals surface area (Å²) in [5, 5.41) is 0. The maximum Gasteiger partial charge on any atom is 0.329 e. The topological polar surface area (TPSA) is 113 Å². The van der Waals surface area contributed by atoms with Crippen LogP contribution >= 0.6 is 0 Å². The van der Waals surface area contributed by atoms with Gasteiger partial charge in [-0.15, -0.1) is 0 Å². The first-order valence-corrected chi connectivity index (χ1v) is 9.87. The quantitative estimate of drug-likeness (QED) is 0.615. The highest BCUT2D eigenvalue weighted by Gasteiger charge is 2.22. The van der Waals surface area contributed by atoms with E-state index in [2.05, 4.69) is 9.97 Å². The molecule has 0 bridgehead atoms. The monoisotopic (exact) mass is 422 g/mol. The summed E-state index contributed by atoms with van der Waals surface area (Å²) < 4.78 is 2.29. The molecule has 2 aromatic heterocycles. The summed E-state index contributed by atoms with van der Waals surface area (Å²) in [4.78, 5) is 59.3. The van der Waals surface area contributed by atoms with E-state index in [1.807, 2.05) is 35.2 Å². The lowest BCUT2D eigenvalue weighted by molar-refractivity contribution is -0.132. The molecule has 4 rings (SSSR count). The Morgan fingerprint density at radius 1 is 1.00 bits per heavy atom. The lowest BCUT2D eigenvalue weighted by atomic mass is 10.1. The fraction of sp³-hybridized carbons (Fsp3) is 0.286. The van der Waals surface area contributed by atoms with E-state index in [-0.39, 0.29) is 23.6 Å². The molecule has 3 heterocycles. The highest BCUT2D eigenvalue weighted by atomic mass is 16.2. The maximum atomic E-state index is 12.7. The summed E-state index contributed by atoms with van der Waals surface area (Å²) in [6.07, 6.45) is 1.39. The summed E-state index contributed by atoms with van der Waals surface area (Å²) in [6.45, 7) is 1.67. The van der Waals surface area contributed by atoms with Gasteiger partial charge in [0, 0.05) is 50.9 Å². The number of hydrogen-bond donors (Lipinski definition) is 1. The Labute approximate surface area is 177 Å². The van der Waals surface area contributed by atoms with Crippen LogP contribution in [-0.2, 0) is 18.4 Å². The zero-order chi connectivity index (χ0) is 22.0. The van der Waals surface area contributed by atoms with Gasteiger partial charge in [-0.3, -0.25) is 28.5 Å². The molecule has 1 N–H and O–H groups in total. The molecule has 1 aliphatic heterocycles. The van der Waals surface area contributed by atoms with Crippen LogP contribution in [0, 0.1) is 0 Å². The molecule has 0 radical (unpaired) electrons. The van der Waals surface area contributed by atoms with Crippen LogP contribution in [0.3, 0.4) is 0 Å². The fourth-order valence-corrected chi connectivity index (χ4v) is 3.47. The average Bonchev–Trinajstić information content (AvgIpc) is 2.79. The molecule has 0 saturated carbocycles. The molecule has 3 aromatic rings. The van der Waals surface area contributed by atoms with Crippen LogP contribution in [0.2, 0.25) is 0 Å². The molecule has 31 heavy (non-hydrogen) atoms. The van der Waals surface area contributed by atoms with E-state index >= 15 is 0 Å². The van der Waals surface area contributed by atoms with Crippen molar-refractivity contribution >= 4 is 11.7 Å². The number of benzene rings is 1. The first-order valence-electron chi connectivity index (χ1n) is 9.87. The molecule has 0 unspecified atom stereocenters. The van der Waals surface area contributed by atoms with Gasteiger partial charge in [0.25, 0.3) is 11.1 Å². The SMILES string of the molecule is Cn1c(=O)cc(N2CCN(C(=O)Cn3cnc(-c4ccccc4)cc3=O)CC2)[nH]c1=O. The first kappa shape index (κ1) is 20.3. The van der Waals surface area contributed by atoms with Gasteiger partial charge in [0.05, 0.1) is 12.0 Å². The molecule has 160 valence electrons. The predicted octanol–water partition coefficient (Wildman–Crippen LogP) is -0.354. The fourth-order valence-electron chi connectivity index (χ4n) is 3.47. The Hall–Kier alpha value is -3.95. The smallest absolute Gasteiger partial charge is 0.329 e. The molecule has 10 heteroatoms. The Morgan fingerprint density at radius 2 is 1.71 bits per heavy atom. The van der Waals surface area contributed by atoms with Crippen molar-refractivity contribution < 1.29 is 4.79 Å². The Bertz CT molecular complexity index is 1240. The number of rotatable bonds is 4. The number of carbonyl (C=O) groups is 1. The van der Waals surface area contributed by atoms with E-state index < -0.39 is 5.69 Å². The van der Waals surface area contributed by atoms with Gasteiger partial charge in [-0.1, -0.05) is 30.3 Å². The van der Waals surface area contributed by atoms with E-state index in [9.17, 15) is 19.2 Å². The van der Waals surface area contributed by atoms with Crippen molar-refractivity contribution in [3.63, 3.8) is 0 Å². The number of anilines is 1. The normalized spacial score (nSPS) is 14.0. The van der Waals surface area contributed by atoms with Crippen LogP contribution in [0.4, 0.5) is 5.82 Å². The molecule has 1 fully saturated rings. The van der Waals surface area contributed by atoms with Crippen LogP contribution in [-0.4, -0.2) is 56.1 Å². The van der Waals surface area contributed by atoms with Gasteiger partial charge in [-0.05, 0) is 0 Å². The number of hydrogen-bond acceptors (Lipinski definition) is 6. The summed E-state index contributed by atoms with van der Waals surface area (Å²) >= 11 is 0. The van der Waals surface area contributed by atoms with Gasteiger partial charge in [0.1, 0.15) is 12.4 Å². The number of piperazine rings is 1. The van der Waals surface area contributed by atoms with Gasteiger partial charge in [0.15, 0.2) is 0 Å². The molecule has 0 atom stereocenters. The number of nitrogens with one attached hydrogen (secondary N) is 1. The van der Waals surface area contributed by atoms with Crippen molar-refractivity contribution in [1.82, 2.24) is 24.0 Å². The summed E-state index contributed by atoms with van der Waals surface area (Å²) in [5.74, 6) is 0.255. The minimum atomic E-state index is -0.480. The molecule has 1 amide bonds. The minimum Gasteiger partial charge on any atom is -0.354 e. The second kappa shape index (κ2) is 8.42. The predicted molar refractivity (Wildman–Crippen MR) is 115 cm³/mol. The van der Waals surface area contributed by atoms with Crippen molar-refractivity contribution in [2.75, 3.05) is 31.1 Å². The molecule has 0 spiro atoms. The minimum absolute atomic E-state index is 0.0936. The van der Waals surface area contributed by atoms with Crippen LogP contribution in [0.5, 0.6) is 0 Å². The van der Waals surface area contributed by atoms with Crippen LogP contribution < -0.4 is 21.7 Å². The lowest BCUT2D eigenvalue weighted by Crippen LogP contribution is -2.51. The first-order chi connectivity index (χ1) is 14.9. The van der Waals surface area contributed by atoms with E-state index in [0.29, 0.717) is 37.7 Å². The highest BCUT2D eigenvalue weighted by Crippen LogP contribution is 2.14. The zero-order valence-corrected chi connectivity index (χ0v) is 17.0. The number of aromatic nitrogens is 4. The van der Waals surface area contributed by atoms with E-state index in [4.69, 9.17) is 0 Å². The largest absolute Gasteiger partial charge is 0.354 e. The van der Waals surface area contributed by atoms with Crippen molar-refractivity contribution in [3.8, 4) is 11.3 Å². The third-order valence-electron chi connectivity index (χ3n) is 5.36. The third-order valence-corrected chi connectivity index (χ3v) is 5.36. The summed E-state index contributed by atoms with van der Waals surface area (Å²) in [5.41, 5.74) is 0.238. The Balaban J connectivity index is 1.40. The van der Waals surface area contributed by atoms with E-state index in [1.165, 1.54) is 30.1 Å². The van der Waals surface area contributed by atoms with Crippen LogP contribution in [0.15, 0.2) is 63.2 Å². The summed E-state index contributed by atoms with van der Waals surface area (Å²) in [7, 11) is 1.41. The standard InChI is InChI=1S/C21H22N6O4/c1-24-18(28)12-17(23-21(24)31)25-7-9-26(10-8-25)20(30)13-27-14-22-16(11-19(27)29)15-5-3-2-4-6-15/h2-6,11-12,14H,7-10,13H2,1H3,(H,23,31). The van der Waals surface area contributed by atoms with E-state index in [0.717, 1.165) is 10.1 Å². The number of H-pyrrole nitrogens is 1. The van der Waals surface area contributed by atoms with Gasteiger partial charge >= 0.3 is 5.69 Å². The summed E-state index contributed by atoms with van der Waals surface area (Å²) in [6, 6.07) is 12.2. The van der Waals surface area contributed by atoms with Crippen molar-refractivity contribution in [3.05, 3.63) is 80.0 Å². The van der Waals surface area contributed by atoms with Crippen molar-refractivity contribution in [2.24, 2.45) is 7.05 Å². The Kier molecular flexibility index (Phi) is 5.52. The zero-order valence-electron chi connectivity index (χ0n) is 17.0. The van der Waals surface area contributed by atoms with Gasteiger partial charge in [-0.2, -0.15) is 0 Å². The molecular weight excluding hydrogens is 400 g/mol. The molecule has 1 aromatic carbocycles. The molecule has 1 saturated heterocycles. The number of aromatic amines is 1. The van der Waals surface area contributed by atoms with Gasteiger partial charge in [-0.25, -0.2) is 9.78 Å². The van der Waals surface area contributed by atoms with Crippen LogP contribution in [0.1, 0.15) is 0 Å². The molecule has 10 nitrogen and oxygen atoms in total. The number of amides is 1. The average molecular weight is 422 g/mol. The molecule has 1 aliphatic rings. The molecular formula is C21H22N6O4. The third kappa shape index (κ3) is 4.32. The lowest BCUT2D eigenvalue weighted by Gasteiger charge is -2.35. The number of carbonyl (C=O) groups excluding carboxylic acids is 1. The van der Waals surface area contributed by atoms with Crippen molar-refractivity contribution in [1.29, 1.82) is 0 Å². The second-order valence-corrected chi connectivity index (χ2v) is 7.33. The van der Waals surface area contributed by atoms with Gasteiger partial charge in [0.2, 0.25) is 5.91 Å². The van der Waals surface area contributed by atoms with Gasteiger partial charge < -0.3 is 9.80 Å². The number of nitrogens with zero attached hydrogens (tertiary/aromatic N) is 5. The second-order valence-electron chi connectivity index (χ2n) is 7.33. The maximum absolute atomic E-state index is 12.7. The van der Waals surface area contributed by atoms with Crippen molar-refractivity contribution in [2.45, 2.75) is 6.54 Å². The molecule has 0 aliphatic carbocycles. The van der Waals surface area contributed by atoms with Crippen LogP contribution in [0.25, 0.3) is 11.3 Å². The van der Waals surface area contributed by atoms with E-state index in [1.54, 1.807) is 4.90 Å².